The first-order chi connectivity index (χ1) is 10.8. The predicted molar refractivity (Wildman–Crippen MR) is 85.5 cm³/mol. The number of hydrogen-bond donors (Lipinski definition) is 0. The Morgan fingerprint density at radius 1 is 1.17 bits per heavy atom. The largest absolute Gasteiger partial charge is 0.416 e. The average molecular weight is 349 g/mol. The minimum Gasteiger partial charge on any atom is -0.416 e. The van der Waals surface area contributed by atoms with Crippen molar-refractivity contribution in [3.05, 3.63) is 0 Å². The van der Waals surface area contributed by atoms with Gasteiger partial charge in [-0.05, 0) is 26.4 Å². The van der Waals surface area contributed by atoms with Gasteiger partial charge in [-0.25, -0.2) is 8.98 Å². The Morgan fingerprint density at radius 3 is 2.35 bits per heavy atom. The fourth-order valence-electron chi connectivity index (χ4n) is 2.94. The highest BCUT2D eigenvalue weighted by atomic mass is 32.2. The summed E-state index contributed by atoms with van der Waals surface area (Å²) in [6.45, 7) is 10.7. The molecule has 2 atom stereocenters. The van der Waals surface area contributed by atoms with Crippen LogP contribution in [0.15, 0.2) is 0 Å². The molecule has 2 fully saturated rings. The molecule has 2 aliphatic rings. The Balaban J connectivity index is 1.74. The van der Waals surface area contributed by atoms with Crippen LogP contribution in [0.4, 0.5) is 4.79 Å². The molecule has 2 aliphatic heterocycles. The van der Waals surface area contributed by atoms with Gasteiger partial charge in [0, 0.05) is 32.7 Å². The van der Waals surface area contributed by atoms with E-state index < -0.39 is 28.5 Å². The first-order valence-electron chi connectivity index (χ1n) is 8.10. The zero-order valence-corrected chi connectivity index (χ0v) is 14.9. The number of hydrogen-bond acceptors (Lipinski definition) is 7. The van der Waals surface area contributed by atoms with Crippen LogP contribution >= 0.6 is 0 Å². The maximum absolute atomic E-state index is 11.9. The molecule has 0 aliphatic carbocycles. The topological polar surface area (TPSA) is 79.4 Å². The van der Waals surface area contributed by atoms with Gasteiger partial charge in [0.25, 0.3) is 10.1 Å². The maximum Gasteiger partial charge on any atom is 0.412 e. The standard InChI is InChI=1S/C14H27N3O5S/c1-4-15-8-10-16(11-9-15)6-5-7-17-12(2)13(21-14(17)18)22-23(3,19)20/h12-13H,4-11H2,1-3H3. The highest BCUT2D eigenvalue weighted by molar-refractivity contribution is 7.86. The summed E-state index contributed by atoms with van der Waals surface area (Å²) in [5.41, 5.74) is 0. The lowest BCUT2D eigenvalue weighted by Gasteiger charge is -2.34. The van der Waals surface area contributed by atoms with Crippen molar-refractivity contribution >= 4 is 16.2 Å². The van der Waals surface area contributed by atoms with Gasteiger partial charge in [-0.3, -0.25) is 4.90 Å². The summed E-state index contributed by atoms with van der Waals surface area (Å²) >= 11 is 0. The smallest absolute Gasteiger partial charge is 0.412 e. The summed E-state index contributed by atoms with van der Waals surface area (Å²) in [4.78, 5) is 18.2. The quantitative estimate of drug-likeness (QED) is 0.606. The maximum atomic E-state index is 11.9. The Hall–Kier alpha value is -0.900. The molecular weight excluding hydrogens is 322 g/mol. The fourth-order valence-corrected chi connectivity index (χ4v) is 3.48. The summed E-state index contributed by atoms with van der Waals surface area (Å²) in [5.74, 6) is 0. The number of piperazine rings is 1. The van der Waals surface area contributed by atoms with E-state index in [0.29, 0.717) is 6.54 Å². The molecule has 2 heterocycles. The van der Waals surface area contributed by atoms with Gasteiger partial charge in [0.05, 0.1) is 12.3 Å². The summed E-state index contributed by atoms with van der Waals surface area (Å²) in [5, 5.41) is 0. The third-order valence-electron chi connectivity index (χ3n) is 4.39. The molecule has 0 aromatic carbocycles. The molecular formula is C14H27N3O5S. The van der Waals surface area contributed by atoms with Gasteiger partial charge in [0.1, 0.15) is 0 Å². The molecule has 1 amide bonds. The van der Waals surface area contributed by atoms with Crippen molar-refractivity contribution in [3.8, 4) is 0 Å². The average Bonchev–Trinajstić information content (AvgIpc) is 2.73. The van der Waals surface area contributed by atoms with E-state index in [1.54, 1.807) is 6.92 Å². The van der Waals surface area contributed by atoms with E-state index in [-0.39, 0.29) is 0 Å². The molecule has 2 rings (SSSR count). The van der Waals surface area contributed by atoms with Crippen LogP contribution in [-0.2, 0) is 19.0 Å². The molecule has 0 saturated carbocycles. The van der Waals surface area contributed by atoms with Gasteiger partial charge in [0.2, 0.25) is 6.29 Å². The van der Waals surface area contributed by atoms with Crippen LogP contribution in [0.1, 0.15) is 20.3 Å². The lowest BCUT2D eigenvalue weighted by Crippen LogP contribution is -2.47. The van der Waals surface area contributed by atoms with E-state index in [1.165, 1.54) is 4.90 Å². The Bertz CT molecular complexity index is 505. The van der Waals surface area contributed by atoms with Crippen molar-refractivity contribution in [1.82, 2.24) is 14.7 Å². The van der Waals surface area contributed by atoms with Crippen LogP contribution in [-0.4, -0.2) is 93.6 Å². The minimum atomic E-state index is -3.65. The summed E-state index contributed by atoms with van der Waals surface area (Å²) < 4.78 is 32.2. The van der Waals surface area contributed by atoms with Crippen LogP contribution in [0.25, 0.3) is 0 Å². The number of rotatable bonds is 7. The summed E-state index contributed by atoms with van der Waals surface area (Å²) in [6, 6.07) is -0.408. The number of ether oxygens (including phenoxy) is 1. The number of likely N-dealkylation sites (N-methyl/N-ethyl adjacent to an activating group) is 1. The molecule has 0 aromatic heterocycles. The van der Waals surface area contributed by atoms with Gasteiger partial charge >= 0.3 is 6.09 Å². The normalized spacial score (nSPS) is 27.4. The summed E-state index contributed by atoms with van der Waals surface area (Å²) in [6.07, 6.45) is 0.219. The Labute approximate surface area is 138 Å². The Kier molecular flexibility index (Phi) is 6.24. The third kappa shape index (κ3) is 5.30. The number of carbonyl (C=O) groups is 1. The molecule has 0 radical (unpaired) electrons. The molecule has 134 valence electrons. The molecule has 2 unspecified atom stereocenters. The van der Waals surface area contributed by atoms with Crippen molar-refractivity contribution in [2.45, 2.75) is 32.6 Å². The predicted octanol–water partition coefficient (Wildman–Crippen LogP) is 0.157. The lowest BCUT2D eigenvalue weighted by atomic mass is 10.2. The van der Waals surface area contributed by atoms with E-state index in [2.05, 4.69) is 16.7 Å². The monoisotopic (exact) mass is 349 g/mol. The molecule has 0 aromatic rings. The SMILES string of the molecule is CCN1CCN(CCCN2C(=O)OC(OS(C)(=O)=O)C2C)CC1. The lowest BCUT2D eigenvalue weighted by molar-refractivity contribution is -0.00747. The van der Waals surface area contributed by atoms with Crippen LogP contribution < -0.4 is 0 Å². The second-order valence-electron chi connectivity index (χ2n) is 6.12. The van der Waals surface area contributed by atoms with Gasteiger partial charge in [-0.2, -0.15) is 8.42 Å². The molecule has 0 spiro atoms. The number of cyclic esters (lactones) is 1. The van der Waals surface area contributed by atoms with Crippen LogP contribution in [0.2, 0.25) is 0 Å². The minimum absolute atomic E-state index is 0.408. The van der Waals surface area contributed by atoms with Gasteiger partial charge in [-0.15, -0.1) is 0 Å². The van der Waals surface area contributed by atoms with Gasteiger partial charge < -0.3 is 14.5 Å². The second kappa shape index (κ2) is 7.78. The van der Waals surface area contributed by atoms with E-state index >= 15 is 0 Å². The van der Waals surface area contributed by atoms with E-state index in [9.17, 15) is 13.2 Å². The van der Waals surface area contributed by atoms with Crippen LogP contribution in [0, 0.1) is 0 Å². The first kappa shape index (κ1) is 18.4. The summed E-state index contributed by atoms with van der Waals surface area (Å²) in [7, 11) is -3.65. The molecule has 8 nitrogen and oxygen atoms in total. The highest BCUT2D eigenvalue weighted by Crippen LogP contribution is 2.21. The first-order valence-corrected chi connectivity index (χ1v) is 9.92. The van der Waals surface area contributed by atoms with E-state index in [4.69, 9.17) is 8.92 Å². The van der Waals surface area contributed by atoms with Crippen molar-refractivity contribution in [1.29, 1.82) is 0 Å². The number of amides is 1. The van der Waals surface area contributed by atoms with E-state index in [0.717, 1.165) is 51.9 Å². The third-order valence-corrected chi connectivity index (χ3v) is 4.93. The molecule has 0 bridgehead atoms. The van der Waals surface area contributed by atoms with Crippen molar-refractivity contribution in [3.63, 3.8) is 0 Å². The van der Waals surface area contributed by atoms with Gasteiger partial charge in [0.15, 0.2) is 0 Å². The zero-order chi connectivity index (χ0) is 17.0. The van der Waals surface area contributed by atoms with Gasteiger partial charge in [-0.1, -0.05) is 6.92 Å². The zero-order valence-electron chi connectivity index (χ0n) is 14.1. The van der Waals surface area contributed by atoms with Crippen LogP contribution in [0.5, 0.6) is 0 Å². The Morgan fingerprint density at radius 2 is 1.78 bits per heavy atom. The molecule has 2 saturated heterocycles. The highest BCUT2D eigenvalue weighted by Gasteiger charge is 2.41. The van der Waals surface area contributed by atoms with Crippen molar-refractivity contribution in [2.24, 2.45) is 0 Å². The van der Waals surface area contributed by atoms with Crippen molar-refractivity contribution in [2.75, 3.05) is 52.1 Å². The van der Waals surface area contributed by atoms with E-state index in [1.807, 2.05) is 0 Å². The van der Waals surface area contributed by atoms with Crippen LogP contribution in [0.3, 0.4) is 0 Å². The fraction of sp³-hybridized carbons (Fsp3) is 0.929. The number of nitrogens with zero attached hydrogens (tertiary/aromatic N) is 3. The molecule has 9 heteroatoms. The molecule has 23 heavy (non-hydrogen) atoms. The second-order valence-corrected chi connectivity index (χ2v) is 7.72. The molecule has 0 N–H and O–H groups in total. The number of carbonyl (C=O) groups excluding carboxylic acids is 1. The van der Waals surface area contributed by atoms with Crippen molar-refractivity contribution < 1.29 is 22.1 Å².